The number of ether oxygens (including phenoxy) is 2. The zero-order valence-electron chi connectivity index (χ0n) is 12.0. The average molecular weight is 276 g/mol. The lowest BCUT2D eigenvalue weighted by Gasteiger charge is -2.04. The molecule has 0 radical (unpaired) electrons. The molecule has 0 aliphatic carbocycles. The van der Waals surface area contributed by atoms with E-state index >= 15 is 0 Å². The van der Waals surface area contributed by atoms with Gasteiger partial charge >= 0.3 is 0 Å². The third-order valence-corrected chi connectivity index (χ3v) is 2.64. The zero-order chi connectivity index (χ0) is 14.8. The van der Waals surface area contributed by atoms with Gasteiger partial charge in [-0.25, -0.2) is 4.89 Å². The van der Waals surface area contributed by atoms with E-state index < -0.39 is 0 Å². The molecular weight excluding hydrogens is 256 g/mol. The number of methoxy groups -OCH3 is 2. The van der Waals surface area contributed by atoms with E-state index in [9.17, 15) is 0 Å². The Morgan fingerprint density at radius 2 is 1.70 bits per heavy atom. The summed E-state index contributed by atoms with van der Waals surface area (Å²) in [5.41, 5.74) is 2.06. The molecule has 0 aliphatic heterocycles. The van der Waals surface area contributed by atoms with Crippen molar-refractivity contribution in [1.29, 1.82) is 0 Å². The molecule has 0 bridgehead atoms. The van der Waals surface area contributed by atoms with Gasteiger partial charge in [0.15, 0.2) is 0 Å². The van der Waals surface area contributed by atoms with Gasteiger partial charge in [-0.3, -0.25) is 5.26 Å². The second-order valence-electron chi connectivity index (χ2n) is 4.11. The minimum atomic E-state index is 0.157. The van der Waals surface area contributed by atoms with Crippen molar-refractivity contribution in [3.63, 3.8) is 0 Å². The van der Waals surface area contributed by atoms with Gasteiger partial charge in [0, 0.05) is 5.56 Å². The van der Waals surface area contributed by atoms with Crippen molar-refractivity contribution in [1.82, 2.24) is 0 Å². The molecule has 0 saturated carbocycles. The summed E-state index contributed by atoms with van der Waals surface area (Å²) in [5, 5.41) is 8.18. The van der Waals surface area contributed by atoms with Crippen molar-refractivity contribution in [3.8, 4) is 11.5 Å². The van der Waals surface area contributed by atoms with Crippen molar-refractivity contribution >= 4 is 0 Å². The molecule has 108 valence electrons. The molecule has 0 saturated heterocycles. The summed E-state index contributed by atoms with van der Waals surface area (Å²) in [4.78, 5) is 3.99. The summed E-state index contributed by atoms with van der Waals surface area (Å²) in [7, 11) is 3.25. The highest BCUT2D eigenvalue weighted by Crippen LogP contribution is 2.17. The van der Waals surface area contributed by atoms with Gasteiger partial charge in [0.2, 0.25) is 0 Å². The summed E-state index contributed by atoms with van der Waals surface area (Å²) in [6.45, 7) is 2.20. The first kappa shape index (κ1) is 16.0. The van der Waals surface area contributed by atoms with Gasteiger partial charge in [-0.1, -0.05) is 30.3 Å². The van der Waals surface area contributed by atoms with Gasteiger partial charge in [0.05, 0.1) is 14.2 Å². The first-order chi connectivity index (χ1) is 9.71. The van der Waals surface area contributed by atoms with Crippen molar-refractivity contribution in [2.45, 2.75) is 13.5 Å². The molecule has 0 atom stereocenters. The van der Waals surface area contributed by atoms with Crippen LogP contribution in [0.2, 0.25) is 0 Å². The topological polar surface area (TPSA) is 47.9 Å². The first-order valence-electron chi connectivity index (χ1n) is 6.20. The van der Waals surface area contributed by atoms with Crippen LogP contribution in [-0.4, -0.2) is 19.5 Å². The molecule has 0 aliphatic rings. The Morgan fingerprint density at radius 1 is 0.950 bits per heavy atom. The second kappa shape index (κ2) is 8.96. The van der Waals surface area contributed by atoms with Crippen LogP contribution < -0.4 is 9.47 Å². The SMILES string of the molecule is COc1cccc(C)c1.COc1ccccc1COO. The standard InChI is InChI=1S/C8H10O3.C8H10O/c1-10-8-5-3-2-4-7(8)6-11-9;1-7-4-3-5-8(6-7)9-2/h2-5,9H,6H2,1H3;3-6H,1-2H3. The summed E-state index contributed by atoms with van der Waals surface area (Å²) < 4.78 is 10.0. The van der Waals surface area contributed by atoms with Crippen LogP contribution in [-0.2, 0) is 11.5 Å². The van der Waals surface area contributed by atoms with Gasteiger partial charge in [-0.05, 0) is 30.7 Å². The van der Waals surface area contributed by atoms with Crippen LogP contribution in [0.25, 0.3) is 0 Å². The van der Waals surface area contributed by atoms with Crippen LogP contribution in [0.3, 0.4) is 0 Å². The molecule has 4 nitrogen and oxygen atoms in total. The van der Waals surface area contributed by atoms with Crippen LogP contribution in [0.5, 0.6) is 11.5 Å². The van der Waals surface area contributed by atoms with Crippen molar-refractivity contribution in [3.05, 3.63) is 59.7 Å². The van der Waals surface area contributed by atoms with Crippen molar-refractivity contribution < 1.29 is 19.6 Å². The summed E-state index contributed by atoms with van der Waals surface area (Å²) in [5.74, 6) is 1.65. The number of hydrogen-bond acceptors (Lipinski definition) is 4. The predicted molar refractivity (Wildman–Crippen MR) is 78.1 cm³/mol. The molecule has 2 aromatic carbocycles. The fraction of sp³-hybridized carbons (Fsp3) is 0.250. The Balaban J connectivity index is 0.000000204. The number of benzene rings is 2. The quantitative estimate of drug-likeness (QED) is 0.683. The minimum absolute atomic E-state index is 0.157. The Bertz CT molecular complexity index is 511. The van der Waals surface area contributed by atoms with Gasteiger partial charge in [-0.15, -0.1) is 0 Å². The lowest BCUT2D eigenvalue weighted by Crippen LogP contribution is -1.92. The van der Waals surface area contributed by atoms with Crippen LogP contribution in [0.4, 0.5) is 0 Å². The van der Waals surface area contributed by atoms with E-state index in [0.717, 1.165) is 17.1 Å². The fourth-order valence-electron chi connectivity index (χ4n) is 1.63. The van der Waals surface area contributed by atoms with Gasteiger partial charge < -0.3 is 9.47 Å². The molecule has 1 N–H and O–H groups in total. The molecule has 0 amide bonds. The number of rotatable bonds is 4. The van der Waals surface area contributed by atoms with Crippen molar-refractivity contribution in [2.75, 3.05) is 14.2 Å². The highest BCUT2D eigenvalue weighted by molar-refractivity contribution is 5.32. The molecular formula is C16H20O4. The van der Waals surface area contributed by atoms with Gasteiger partial charge in [0.1, 0.15) is 18.1 Å². The normalized spacial score (nSPS) is 9.40. The van der Waals surface area contributed by atoms with E-state index in [2.05, 4.69) is 4.89 Å². The summed E-state index contributed by atoms with van der Waals surface area (Å²) in [6.07, 6.45) is 0. The van der Waals surface area contributed by atoms with Crippen LogP contribution in [0.15, 0.2) is 48.5 Å². The largest absolute Gasteiger partial charge is 0.497 e. The molecule has 0 fully saturated rings. The predicted octanol–water partition coefficient (Wildman–Crippen LogP) is 3.69. The number of aryl methyl sites for hydroxylation is 1. The molecule has 20 heavy (non-hydrogen) atoms. The summed E-state index contributed by atoms with van der Waals surface area (Å²) >= 11 is 0. The van der Waals surface area contributed by atoms with Crippen molar-refractivity contribution in [2.24, 2.45) is 0 Å². The Morgan fingerprint density at radius 3 is 2.25 bits per heavy atom. The van der Waals surface area contributed by atoms with Crippen LogP contribution in [0.1, 0.15) is 11.1 Å². The zero-order valence-corrected chi connectivity index (χ0v) is 12.0. The number of hydrogen-bond donors (Lipinski definition) is 1. The maximum absolute atomic E-state index is 8.18. The molecule has 0 aromatic heterocycles. The van der Waals surface area contributed by atoms with Gasteiger partial charge in [-0.2, -0.15) is 0 Å². The van der Waals surface area contributed by atoms with E-state index in [1.165, 1.54) is 5.56 Å². The van der Waals surface area contributed by atoms with Crippen LogP contribution >= 0.6 is 0 Å². The number of para-hydroxylation sites is 1. The molecule has 2 rings (SSSR count). The Kier molecular flexibility index (Phi) is 7.17. The second-order valence-corrected chi connectivity index (χ2v) is 4.11. The molecule has 4 heteroatoms. The molecule has 0 spiro atoms. The Hall–Kier alpha value is -2.04. The van der Waals surface area contributed by atoms with E-state index in [4.69, 9.17) is 14.7 Å². The van der Waals surface area contributed by atoms with E-state index in [1.54, 1.807) is 14.2 Å². The highest BCUT2D eigenvalue weighted by atomic mass is 17.1. The highest BCUT2D eigenvalue weighted by Gasteiger charge is 1.99. The minimum Gasteiger partial charge on any atom is -0.497 e. The first-order valence-corrected chi connectivity index (χ1v) is 6.20. The smallest absolute Gasteiger partial charge is 0.124 e. The molecule has 0 heterocycles. The maximum atomic E-state index is 8.18. The fourth-order valence-corrected chi connectivity index (χ4v) is 1.63. The third kappa shape index (κ3) is 5.30. The Labute approximate surface area is 119 Å². The molecule has 2 aromatic rings. The summed E-state index contributed by atoms with van der Waals surface area (Å²) in [6, 6.07) is 15.3. The van der Waals surface area contributed by atoms with Crippen LogP contribution in [0, 0.1) is 6.92 Å². The van der Waals surface area contributed by atoms with Gasteiger partial charge in [0.25, 0.3) is 0 Å². The monoisotopic (exact) mass is 276 g/mol. The third-order valence-electron chi connectivity index (χ3n) is 2.64. The molecule has 0 unspecified atom stereocenters. The maximum Gasteiger partial charge on any atom is 0.124 e. The lowest BCUT2D eigenvalue weighted by atomic mass is 10.2. The van der Waals surface area contributed by atoms with E-state index in [-0.39, 0.29) is 6.61 Å². The average Bonchev–Trinajstić information content (AvgIpc) is 2.49. The lowest BCUT2D eigenvalue weighted by molar-refractivity contribution is -0.253. The van der Waals surface area contributed by atoms with E-state index in [1.807, 2.05) is 55.5 Å². The van der Waals surface area contributed by atoms with E-state index in [0.29, 0.717) is 0 Å².